The lowest BCUT2D eigenvalue weighted by molar-refractivity contribution is 0.420. The molecule has 0 atom stereocenters. The van der Waals surface area contributed by atoms with Gasteiger partial charge in [0.15, 0.2) is 0 Å². The lowest BCUT2D eigenvalue weighted by atomic mass is 9.80. The van der Waals surface area contributed by atoms with Gasteiger partial charge in [0.1, 0.15) is 16.9 Å². The van der Waals surface area contributed by atoms with Crippen molar-refractivity contribution in [3.05, 3.63) is 188 Å². The van der Waals surface area contributed by atoms with Gasteiger partial charge in [0, 0.05) is 21.5 Å². The molecule has 11 aromatic carbocycles. The van der Waals surface area contributed by atoms with Gasteiger partial charge in [-0.05, 0) is 112 Å². The van der Waals surface area contributed by atoms with Crippen LogP contribution in [0.3, 0.4) is 0 Å². The number of furan rings is 1. The fourth-order valence-corrected chi connectivity index (χ4v) is 9.72. The number of hydrogen-bond acceptors (Lipinski definition) is 2. The highest BCUT2D eigenvalue weighted by Gasteiger charge is 2.23. The summed E-state index contributed by atoms with van der Waals surface area (Å²) in [4.78, 5) is 0. The largest absolute Gasteiger partial charge is 0.496 e. The molecule has 57 heavy (non-hydrogen) atoms. The lowest BCUT2D eigenvalue weighted by Gasteiger charge is -2.22. The molecule has 0 aliphatic heterocycles. The van der Waals surface area contributed by atoms with Crippen molar-refractivity contribution in [2.24, 2.45) is 0 Å². The summed E-state index contributed by atoms with van der Waals surface area (Å²) in [6, 6.07) is 68.4. The van der Waals surface area contributed by atoms with E-state index in [1.807, 2.05) is 0 Å². The molecule has 0 saturated heterocycles. The van der Waals surface area contributed by atoms with Gasteiger partial charge < -0.3 is 9.15 Å². The topological polar surface area (TPSA) is 22.4 Å². The highest BCUT2D eigenvalue weighted by molar-refractivity contribution is 6.31. The molecule has 12 aromatic rings. The minimum atomic E-state index is 0.881. The number of hydrogen-bond donors (Lipinski definition) is 0. The zero-order valence-electron chi connectivity index (χ0n) is 31.2. The van der Waals surface area contributed by atoms with Crippen molar-refractivity contribution < 1.29 is 9.15 Å². The fourth-order valence-electron chi connectivity index (χ4n) is 9.72. The number of methoxy groups -OCH3 is 1. The van der Waals surface area contributed by atoms with Crippen LogP contribution in [0.25, 0.3) is 120 Å². The van der Waals surface area contributed by atoms with Gasteiger partial charge in [-0.2, -0.15) is 0 Å². The normalized spacial score (nSPS) is 11.9. The van der Waals surface area contributed by atoms with Crippen molar-refractivity contribution in [2.45, 2.75) is 0 Å². The summed E-state index contributed by atoms with van der Waals surface area (Å²) in [7, 11) is 1.75. The molecule has 0 aliphatic carbocycles. The molecule has 0 spiro atoms. The summed E-state index contributed by atoms with van der Waals surface area (Å²) in [5, 5.41) is 16.7. The van der Waals surface area contributed by atoms with E-state index < -0.39 is 0 Å². The Morgan fingerprint density at radius 2 is 0.807 bits per heavy atom. The Balaban J connectivity index is 1.18. The minimum absolute atomic E-state index is 0.881. The SMILES string of the molecule is COc1ccc(-c2c3ccccc3c(-c3c4ccccc4c(-c4ccc5oc6c7ccccc7ccc6c5c4)c4ccccc34)c3ccccc23)c2ccccc12. The van der Waals surface area contributed by atoms with Crippen molar-refractivity contribution in [3.8, 4) is 39.1 Å². The Morgan fingerprint density at radius 3 is 1.37 bits per heavy atom. The average Bonchev–Trinajstić information content (AvgIpc) is 3.66. The summed E-state index contributed by atoms with van der Waals surface area (Å²) in [5.41, 5.74) is 9.20. The first-order valence-corrected chi connectivity index (χ1v) is 19.5. The summed E-state index contributed by atoms with van der Waals surface area (Å²) in [6.45, 7) is 0. The molecule has 2 heteroatoms. The molecule has 0 aliphatic rings. The number of ether oxygens (including phenoxy) is 1. The van der Waals surface area contributed by atoms with Crippen LogP contribution in [0.4, 0.5) is 0 Å². The molecule has 0 amide bonds. The number of fused-ring (bicyclic) bond motifs is 10. The van der Waals surface area contributed by atoms with Crippen LogP contribution < -0.4 is 4.74 Å². The van der Waals surface area contributed by atoms with E-state index in [4.69, 9.17) is 9.15 Å². The molecule has 0 saturated carbocycles. The number of rotatable bonds is 4. The molecule has 2 nitrogen and oxygen atoms in total. The van der Waals surface area contributed by atoms with Crippen LogP contribution in [-0.2, 0) is 0 Å². The molecule has 0 bridgehead atoms. The molecule has 12 rings (SSSR count). The Morgan fingerprint density at radius 1 is 0.333 bits per heavy atom. The van der Waals surface area contributed by atoms with E-state index in [1.165, 1.54) is 87.2 Å². The van der Waals surface area contributed by atoms with Crippen molar-refractivity contribution in [2.75, 3.05) is 7.11 Å². The quantitative estimate of drug-likeness (QED) is 0.169. The van der Waals surface area contributed by atoms with Crippen molar-refractivity contribution in [1.29, 1.82) is 0 Å². The van der Waals surface area contributed by atoms with Crippen LogP contribution in [0.1, 0.15) is 0 Å². The molecule has 0 radical (unpaired) electrons. The first-order valence-electron chi connectivity index (χ1n) is 19.5. The van der Waals surface area contributed by atoms with Crippen LogP contribution in [0.5, 0.6) is 5.75 Å². The van der Waals surface area contributed by atoms with Gasteiger partial charge in [0.2, 0.25) is 0 Å². The van der Waals surface area contributed by atoms with E-state index in [9.17, 15) is 0 Å². The Hall–Kier alpha value is -7.42. The van der Waals surface area contributed by atoms with Gasteiger partial charge in [0.25, 0.3) is 0 Å². The van der Waals surface area contributed by atoms with E-state index in [-0.39, 0.29) is 0 Å². The predicted octanol–water partition coefficient (Wildman–Crippen LogP) is 15.5. The molecular formula is C55H34O2. The third-order valence-electron chi connectivity index (χ3n) is 12.1. The zero-order valence-corrected chi connectivity index (χ0v) is 31.2. The lowest BCUT2D eigenvalue weighted by Crippen LogP contribution is -1.95. The van der Waals surface area contributed by atoms with Crippen LogP contribution >= 0.6 is 0 Å². The first kappa shape index (κ1) is 31.9. The monoisotopic (exact) mass is 726 g/mol. The highest BCUT2D eigenvalue weighted by Crippen LogP contribution is 2.51. The fraction of sp³-hybridized carbons (Fsp3) is 0.0182. The van der Waals surface area contributed by atoms with E-state index in [0.29, 0.717) is 0 Å². The summed E-state index contributed by atoms with van der Waals surface area (Å²) < 4.78 is 12.4. The van der Waals surface area contributed by atoms with Crippen molar-refractivity contribution in [1.82, 2.24) is 0 Å². The van der Waals surface area contributed by atoms with Gasteiger partial charge in [0.05, 0.1) is 7.11 Å². The van der Waals surface area contributed by atoms with Gasteiger partial charge in [-0.3, -0.25) is 0 Å². The van der Waals surface area contributed by atoms with Crippen LogP contribution in [0.2, 0.25) is 0 Å². The van der Waals surface area contributed by atoms with E-state index in [1.54, 1.807) is 7.11 Å². The molecule has 0 N–H and O–H groups in total. The highest BCUT2D eigenvalue weighted by atomic mass is 16.5. The second-order valence-electron chi connectivity index (χ2n) is 15.0. The Labute approximate surface area is 328 Å². The maximum Gasteiger partial charge on any atom is 0.143 e. The minimum Gasteiger partial charge on any atom is -0.496 e. The summed E-state index contributed by atoms with van der Waals surface area (Å²) in [6.07, 6.45) is 0. The van der Waals surface area contributed by atoms with E-state index >= 15 is 0 Å². The number of benzene rings is 11. The molecular weight excluding hydrogens is 693 g/mol. The van der Waals surface area contributed by atoms with Crippen LogP contribution in [0.15, 0.2) is 192 Å². The smallest absolute Gasteiger partial charge is 0.143 e. The summed E-state index contributed by atoms with van der Waals surface area (Å²) >= 11 is 0. The first-order chi connectivity index (χ1) is 28.3. The maximum absolute atomic E-state index is 6.56. The van der Waals surface area contributed by atoms with Gasteiger partial charge in [-0.1, -0.05) is 164 Å². The van der Waals surface area contributed by atoms with Crippen LogP contribution in [-0.4, -0.2) is 7.11 Å². The molecule has 266 valence electrons. The molecule has 0 fully saturated rings. The predicted molar refractivity (Wildman–Crippen MR) is 242 cm³/mol. The van der Waals surface area contributed by atoms with Crippen molar-refractivity contribution >= 4 is 86.6 Å². The third kappa shape index (κ3) is 4.59. The average molecular weight is 727 g/mol. The Bertz CT molecular complexity index is 3510. The molecule has 1 aromatic heterocycles. The van der Waals surface area contributed by atoms with Crippen molar-refractivity contribution in [3.63, 3.8) is 0 Å². The second kappa shape index (κ2) is 12.3. The van der Waals surface area contributed by atoms with Gasteiger partial charge >= 0.3 is 0 Å². The van der Waals surface area contributed by atoms with Crippen LogP contribution in [0, 0.1) is 0 Å². The molecule has 0 unspecified atom stereocenters. The van der Waals surface area contributed by atoms with E-state index in [2.05, 4.69) is 188 Å². The zero-order chi connectivity index (χ0) is 37.6. The third-order valence-corrected chi connectivity index (χ3v) is 12.1. The Kier molecular flexibility index (Phi) is 6.88. The van der Waals surface area contributed by atoms with Gasteiger partial charge in [-0.15, -0.1) is 0 Å². The summed E-state index contributed by atoms with van der Waals surface area (Å²) in [5.74, 6) is 0.881. The second-order valence-corrected chi connectivity index (χ2v) is 15.0. The van der Waals surface area contributed by atoms with Gasteiger partial charge in [-0.25, -0.2) is 0 Å². The maximum atomic E-state index is 6.56. The molecule has 1 heterocycles. The van der Waals surface area contributed by atoms with E-state index in [0.717, 1.165) is 38.5 Å². The standard InChI is InChI=1S/C55H34O2/c1-56-49-31-29-46(36-16-4-5-17-37(36)49)52-40-20-8-12-24-44(40)54(45-25-13-9-21-41(45)52)53-42-22-10-6-18-38(42)51(39-19-7-11-23-43(39)53)34-27-30-50-48(32-34)47-28-26-33-14-2-3-15-35(33)55(47)57-50/h2-32H,1H3.